The molecule has 0 N–H and O–H groups in total. The molecule has 23 heavy (non-hydrogen) atoms. The molecule has 3 rings (SSSR count). The van der Waals surface area contributed by atoms with Crippen molar-refractivity contribution in [3.05, 3.63) is 84.5 Å². The van der Waals surface area contributed by atoms with Crippen molar-refractivity contribution in [2.45, 2.75) is 13.3 Å². The summed E-state index contributed by atoms with van der Waals surface area (Å²) >= 11 is 0. The fourth-order valence-corrected chi connectivity index (χ4v) is 3.12. The lowest BCUT2D eigenvalue weighted by Crippen LogP contribution is -2.21. The van der Waals surface area contributed by atoms with E-state index < -0.39 is 0 Å². The molecule has 0 saturated heterocycles. The molecule has 2 aromatic rings. The Kier molecular flexibility index (Phi) is 4.47. The molecule has 0 saturated carbocycles. The van der Waals surface area contributed by atoms with E-state index in [4.69, 9.17) is 0 Å². The number of rotatable bonds is 2. The molecule has 116 valence electrons. The van der Waals surface area contributed by atoms with Crippen molar-refractivity contribution in [2.75, 3.05) is 18.5 Å². The van der Waals surface area contributed by atoms with Gasteiger partial charge in [-0.15, -0.1) is 0 Å². The maximum absolute atomic E-state index is 4.37. The Morgan fingerprint density at radius 1 is 1.09 bits per heavy atom. The maximum atomic E-state index is 4.37. The number of benzene rings is 2. The zero-order valence-electron chi connectivity index (χ0n) is 13.9. The topological polar surface area (TPSA) is 3.24 Å². The van der Waals surface area contributed by atoms with Crippen LogP contribution in [0.3, 0.4) is 0 Å². The van der Waals surface area contributed by atoms with Gasteiger partial charge in [0.25, 0.3) is 0 Å². The molecule has 0 atom stereocenters. The molecular formula is C22H23N. The molecule has 1 aliphatic heterocycles. The van der Waals surface area contributed by atoms with Gasteiger partial charge in [-0.3, -0.25) is 0 Å². The van der Waals surface area contributed by atoms with E-state index in [0.29, 0.717) is 0 Å². The van der Waals surface area contributed by atoms with Crippen LogP contribution in [0.15, 0.2) is 78.9 Å². The Balaban J connectivity index is 2.14. The largest absolute Gasteiger partial charge is 0.374 e. The maximum Gasteiger partial charge on any atom is 0.0449 e. The average molecular weight is 301 g/mol. The van der Waals surface area contributed by atoms with Crippen LogP contribution in [0.2, 0.25) is 0 Å². The van der Waals surface area contributed by atoms with Crippen LogP contribution in [-0.4, -0.2) is 13.6 Å². The number of allylic oxidation sites excluding steroid dienone is 6. The first kappa shape index (κ1) is 15.4. The van der Waals surface area contributed by atoms with Gasteiger partial charge in [-0.2, -0.15) is 0 Å². The normalized spacial score (nSPS) is 18.1. The van der Waals surface area contributed by atoms with Gasteiger partial charge in [0.1, 0.15) is 0 Å². The molecule has 1 heteroatoms. The van der Waals surface area contributed by atoms with Gasteiger partial charge in [-0.25, -0.2) is 0 Å². The van der Waals surface area contributed by atoms with E-state index in [1.807, 2.05) is 13.0 Å². The zero-order valence-corrected chi connectivity index (χ0v) is 13.9. The van der Waals surface area contributed by atoms with Crippen LogP contribution in [-0.2, 0) is 0 Å². The summed E-state index contributed by atoms with van der Waals surface area (Å²) < 4.78 is 0. The Morgan fingerprint density at radius 2 is 1.91 bits per heavy atom. The summed E-state index contributed by atoms with van der Waals surface area (Å²) in [7, 11) is 2.17. The van der Waals surface area contributed by atoms with E-state index in [1.54, 1.807) is 0 Å². The van der Waals surface area contributed by atoms with E-state index in [2.05, 4.69) is 79.2 Å². The predicted molar refractivity (Wildman–Crippen MR) is 103 cm³/mol. The molecule has 1 heterocycles. The number of anilines is 1. The second-order valence-corrected chi connectivity index (χ2v) is 5.98. The highest BCUT2D eigenvalue weighted by Gasteiger charge is 2.15. The van der Waals surface area contributed by atoms with Gasteiger partial charge >= 0.3 is 0 Å². The first-order valence-corrected chi connectivity index (χ1v) is 8.13. The summed E-state index contributed by atoms with van der Waals surface area (Å²) in [6.07, 6.45) is 11.7. The number of nitrogens with zero attached hydrogens (tertiary/aromatic N) is 1. The summed E-state index contributed by atoms with van der Waals surface area (Å²) in [5.41, 5.74) is 4.92. The first-order valence-electron chi connectivity index (χ1n) is 8.13. The van der Waals surface area contributed by atoms with Gasteiger partial charge < -0.3 is 4.90 Å². The van der Waals surface area contributed by atoms with Gasteiger partial charge in [0, 0.05) is 24.8 Å². The van der Waals surface area contributed by atoms with Crippen molar-refractivity contribution in [3.63, 3.8) is 0 Å². The Labute approximate surface area is 138 Å². The highest BCUT2D eigenvalue weighted by Crippen LogP contribution is 2.36. The number of fused-ring (bicyclic) bond motifs is 3. The summed E-state index contributed by atoms with van der Waals surface area (Å²) in [5, 5.41) is 2.54. The van der Waals surface area contributed by atoms with Crippen molar-refractivity contribution in [1.82, 2.24) is 0 Å². The van der Waals surface area contributed by atoms with E-state index in [0.717, 1.165) is 18.5 Å². The van der Waals surface area contributed by atoms with E-state index in [9.17, 15) is 0 Å². The predicted octanol–water partition coefficient (Wildman–Crippen LogP) is 5.75. The van der Waals surface area contributed by atoms with Crippen molar-refractivity contribution >= 4 is 22.0 Å². The standard InChI is InChI=1S/C22H23N/c1-4-5-6-9-18-14-15-23(3)21-13-12-19-10-7-8-11-20(19)22(21)17(2)16-18/h4-13,16H,2,14-15H2,1,3H3/b5-4-,9-6-,18-16-. The third-order valence-corrected chi connectivity index (χ3v) is 4.35. The number of hydrogen-bond acceptors (Lipinski definition) is 1. The second-order valence-electron chi connectivity index (χ2n) is 5.98. The smallest absolute Gasteiger partial charge is 0.0449 e. The molecule has 0 bridgehead atoms. The van der Waals surface area contributed by atoms with Crippen molar-refractivity contribution < 1.29 is 0 Å². The Morgan fingerprint density at radius 3 is 2.74 bits per heavy atom. The third-order valence-electron chi connectivity index (χ3n) is 4.35. The second kappa shape index (κ2) is 6.70. The lowest BCUT2D eigenvalue weighted by molar-refractivity contribution is 0.876. The van der Waals surface area contributed by atoms with Gasteiger partial charge in [-0.1, -0.05) is 67.3 Å². The molecule has 0 unspecified atom stereocenters. The minimum absolute atomic E-state index is 1.00. The van der Waals surface area contributed by atoms with E-state index in [1.165, 1.54) is 27.6 Å². The molecular weight excluding hydrogens is 278 g/mol. The van der Waals surface area contributed by atoms with Crippen LogP contribution in [0.25, 0.3) is 16.3 Å². The molecule has 2 aromatic carbocycles. The SMILES string of the molecule is C=C1/C=C(/C=C\C=C/C)CCN(C)c2ccc3ccccc3c21. The van der Waals surface area contributed by atoms with Crippen LogP contribution in [0.1, 0.15) is 18.9 Å². The summed E-state index contributed by atoms with van der Waals surface area (Å²) in [6, 6.07) is 13.0. The molecule has 1 aliphatic rings. The van der Waals surface area contributed by atoms with Gasteiger partial charge in [0.15, 0.2) is 0 Å². The summed E-state index contributed by atoms with van der Waals surface area (Å²) in [4.78, 5) is 2.34. The quantitative estimate of drug-likeness (QED) is 0.638. The molecule has 1 nitrogen and oxygen atoms in total. The molecule has 0 amide bonds. The monoisotopic (exact) mass is 301 g/mol. The van der Waals surface area contributed by atoms with E-state index in [-0.39, 0.29) is 0 Å². The highest BCUT2D eigenvalue weighted by atomic mass is 15.1. The zero-order chi connectivity index (χ0) is 16.2. The summed E-state index contributed by atoms with van der Waals surface area (Å²) in [6.45, 7) is 7.40. The van der Waals surface area contributed by atoms with Crippen molar-refractivity contribution in [3.8, 4) is 0 Å². The van der Waals surface area contributed by atoms with Crippen LogP contribution in [0, 0.1) is 0 Å². The highest BCUT2D eigenvalue weighted by molar-refractivity contribution is 6.01. The minimum atomic E-state index is 1.00. The Hall–Kier alpha value is -2.54. The Bertz CT molecular complexity index is 821. The molecule has 0 fully saturated rings. The lowest BCUT2D eigenvalue weighted by atomic mass is 9.93. The number of hydrogen-bond donors (Lipinski definition) is 0. The van der Waals surface area contributed by atoms with Crippen LogP contribution < -0.4 is 4.90 Å². The third kappa shape index (κ3) is 3.14. The molecule has 0 aliphatic carbocycles. The van der Waals surface area contributed by atoms with Crippen LogP contribution in [0.5, 0.6) is 0 Å². The van der Waals surface area contributed by atoms with Crippen molar-refractivity contribution in [2.24, 2.45) is 0 Å². The minimum Gasteiger partial charge on any atom is -0.374 e. The lowest BCUT2D eigenvalue weighted by Gasteiger charge is -2.26. The molecule has 0 radical (unpaired) electrons. The van der Waals surface area contributed by atoms with Crippen molar-refractivity contribution in [1.29, 1.82) is 0 Å². The molecule has 0 aromatic heterocycles. The van der Waals surface area contributed by atoms with Gasteiger partial charge in [-0.05, 0) is 41.3 Å². The fourth-order valence-electron chi connectivity index (χ4n) is 3.12. The first-order chi connectivity index (χ1) is 11.2. The van der Waals surface area contributed by atoms with Gasteiger partial charge in [0.05, 0.1) is 0 Å². The van der Waals surface area contributed by atoms with Gasteiger partial charge in [0.2, 0.25) is 0 Å². The van der Waals surface area contributed by atoms with Crippen LogP contribution >= 0.6 is 0 Å². The fraction of sp³-hybridized carbons (Fsp3) is 0.182. The average Bonchev–Trinajstić information content (AvgIpc) is 2.57. The van der Waals surface area contributed by atoms with E-state index >= 15 is 0 Å². The summed E-state index contributed by atoms with van der Waals surface area (Å²) in [5.74, 6) is 0. The van der Waals surface area contributed by atoms with Crippen LogP contribution in [0.4, 0.5) is 5.69 Å². The molecule has 0 spiro atoms.